The number of hydrogen-bond acceptors (Lipinski definition) is 3. The van der Waals surface area contributed by atoms with Crippen LogP contribution in [0.4, 0.5) is 0 Å². The maximum atomic E-state index is 5.85. The van der Waals surface area contributed by atoms with Gasteiger partial charge in [-0.15, -0.1) is 0 Å². The Labute approximate surface area is 110 Å². The van der Waals surface area contributed by atoms with Crippen LogP contribution in [-0.4, -0.2) is 20.3 Å². The molecule has 0 saturated heterocycles. The smallest absolute Gasteiger partial charge is 0.161 e. The molecule has 0 bridgehead atoms. The highest BCUT2D eigenvalue weighted by Crippen LogP contribution is 2.28. The third-order valence-corrected chi connectivity index (χ3v) is 3.03. The number of rotatable bonds is 8. The van der Waals surface area contributed by atoms with Gasteiger partial charge in [-0.1, -0.05) is 33.3 Å². The molecule has 0 aliphatic rings. The average Bonchev–Trinajstić information content (AvgIpc) is 2.42. The summed E-state index contributed by atoms with van der Waals surface area (Å²) >= 11 is 0. The van der Waals surface area contributed by atoms with Crippen molar-refractivity contribution in [1.82, 2.24) is 5.32 Å². The molecule has 0 fully saturated rings. The van der Waals surface area contributed by atoms with Gasteiger partial charge in [0.05, 0.1) is 13.7 Å². The molecule has 1 unspecified atom stereocenters. The first kappa shape index (κ1) is 14.8. The molecule has 1 aromatic carbocycles. The lowest BCUT2D eigenvalue weighted by atomic mass is 10.1. The van der Waals surface area contributed by atoms with E-state index in [2.05, 4.69) is 38.2 Å². The van der Waals surface area contributed by atoms with Crippen LogP contribution in [0.2, 0.25) is 0 Å². The van der Waals surface area contributed by atoms with Crippen LogP contribution in [0.5, 0.6) is 11.5 Å². The van der Waals surface area contributed by atoms with Crippen LogP contribution < -0.4 is 14.8 Å². The summed E-state index contributed by atoms with van der Waals surface area (Å²) in [6.45, 7) is 9.03. The van der Waals surface area contributed by atoms with Crippen LogP contribution in [-0.2, 0) is 6.54 Å². The molecular formula is C15H25NO2. The molecular weight excluding hydrogens is 226 g/mol. The van der Waals surface area contributed by atoms with E-state index < -0.39 is 0 Å². The summed E-state index contributed by atoms with van der Waals surface area (Å²) < 4.78 is 11.2. The van der Waals surface area contributed by atoms with Crippen molar-refractivity contribution in [1.29, 1.82) is 0 Å². The largest absolute Gasteiger partial charge is 0.493 e. The number of nitrogens with one attached hydrogen (secondary N) is 1. The highest BCUT2D eigenvalue weighted by Gasteiger charge is 2.07. The van der Waals surface area contributed by atoms with Crippen molar-refractivity contribution < 1.29 is 9.47 Å². The first-order valence-electron chi connectivity index (χ1n) is 6.71. The van der Waals surface area contributed by atoms with E-state index in [4.69, 9.17) is 9.47 Å². The van der Waals surface area contributed by atoms with Gasteiger partial charge in [0.15, 0.2) is 11.5 Å². The Morgan fingerprint density at radius 3 is 2.61 bits per heavy atom. The summed E-state index contributed by atoms with van der Waals surface area (Å²) in [5.41, 5.74) is 1.22. The highest BCUT2D eigenvalue weighted by atomic mass is 16.5. The Morgan fingerprint density at radius 2 is 2.00 bits per heavy atom. The first-order valence-corrected chi connectivity index (χ1v) is 6.71. The molecule has 1 aromatic rings. The third kappa shape index (κ3) is 4.57. The second-order valence-corrected chi connectivity index (χ2v) is 4.59. The molecule has 0 amide bonds. The van der Waals surface area contributed by atoms with Crippen molar-refractivity contribution in [3.63, 3.8) is 0 Å². The number of benzene rings is 1. The molecule has 102 valence electrons. The summed E-state index contributed by atoms with van der Waals surface area (Å²) in [5.74, 6) is 2.21. The van der Waals surface area contributed by atoms with Gasteiger partial charge in [-0.25, -0.2) is 0 Å². The first-order chi connectivity index (χ1) is 8.71. The van der Waals surface area contributed by atoms with Gasteiger partial charge >= 0.3 is 0 Å². The van der Waals surface area contributed by atoms with Crippen molar-refractivity contribution in [3.8, 4) is 11.5 Å². The standard InChI is InChI=1S/C15H25NO2/c1-5-12(3)11-18-15-9-13(10-16-6-2)7-8-14(15)17-4/h7-9,12,16H,5-6,10-11H2,1-4H3. The van der Waals surface area contributed by atoms with Gasteiger partial charge in [0.25, 0.3) is 0 Å². The zero-order valence-corrected chi connectivity index (χ0v) is 12.0. The van der Waals surface area contributed by atoms with Gasteiger partial charge in [-0.2, -0.15) is 0 Å². The summed E-state index contributed by atoms with van der Waals surface area (Å²) in [6, 6.07) is 6.10. The number of methoxy groups -OCH3 is 1. The van der Waals surface area contributed by atoms with Gasteiger partial charge in [0, 0.05) is 6.54 Å². The zero-order valence-electron chi connectivity index (χ0n) is 12.0. The van der Waals surface area contributed by atoms with Crippen molar-refractivity contribution in [2.45, 2.75) is 33.7 Å². The normalized spacial score (nSPS) is 12.2. The Kier molecular flexibility index (Phi) is 6.58. The molecule has 0 aliphatic carbocycles. The van der Waals surface area contributed by atoms with Crippen LogP contribution in [0.25, 0.3) is 0 Å². The summed E-state index contributed by atoms with van der Waals surface area (Å²) in [4.78, 5) is 0. The monoisotopic (exact) mass is 251 g/mol. The summed E-state index contributed by atoms with van der Waals surface area (Å²) in [7, 11) is 1.68. The molecule has 3 nitrogen and oxygen atoms in total. The van der Waals surface area contributed by atoms with E-state index in [0.717, 1.165) is 37.6 Å². The van der Waals surface area contributed by atoms with Gasteiger partial charge in [0.1, 0.15) is 0 Å². The van der Waals surface area contributed by atoms with Crippen LogP contribution in [0.3, 0.4) is 0 Å². The van der Waals surface area contributed by atoms with E-state index >= 15 is 0 Å². The van der Waals surface area contributed by atoms with Gasteiger partial charge in [-0.3, -0.25) is 0 Å². The van der Waals surface area contributed by atoms with Gasteiger partial charge in [0.2, 0.25) is 0 Å². The van der Waals surface area contributed by atoms with Crippen molar-refractivity contribution >= 4 is 0 Å². The molecule has 18 heavy (non-hydrogen) atoms. The molecule has 3 heteroatoms. The highest BCUT2D eigenvalue weighted by molar-refractivity contribution is 5.42. The van der Waals surface area contributed by atoms with Crippen molar-refractivity contribution in [2.75, 3.05) is 20.3 Å². The Balaban J connectivity index is 2.71. The topological polar surface area (TPSA) is 30.5 Å². The van der Waals surface area contributed by atoms with E-state index in [1.807, 2.05) is 6.07 Å². The predicted octanol–water partition coefficient (Wildman–Crippen LogP) is 3.23. The minimum Gasteiger partial charge on any atom is -0.493 e. The lowest BCUT2D eigenvalue weighted by Crippen LogP contribution is -2.12. The molecule has 1 rings (SSSR count). The SMILES string of the molecule is CCNCc1ccc(OC)c(OCC(C)CC)c1. The molecule has 0 aliphatic heterocycles. The number of ether oxygens (including phenoxy) is 2. The Morgan fingerprint density at radius 1 is 1.22 bits per heavy atom. The Bertz CT molecular complexity index is 352. The van der Waals surface area contributed by atoms with E-state index in [1.165, 1.54) is 5.56 Å². The minimum absolute atomic E-state index is 0.562. The molecule has 0 aromatic heterocycles. The molecule has 0 saturated carbocycles. The molecule has 0 heterocycles. The van der Waals surface area contributed by atoms with Crippen LogP contribution in [0.1, 0.15) is 32.8 Å². The van der Waals surface area contributed by atoms with Crippen LogP contribution in [0, 0.1) is 5.92 Å². The van der Waals surface area contributed by atoms with E-state index in [9.17, 15) is 0 Å². The van der Waals surface area contributed by atoms with Crippen LogP contribution in [0.15, 0.2) is 18.2 Å². The quantitative estimate of drug-likeness (QED) is 0.769. The minimum atomic E-state index is 0.562. The predicted molar refractivity (Wildman–Crippen MR) is 75.3 cm³/mol. The van der Waals surface area contributed by atoms with Crippen molar-refractivity contribution in [3.05, 3.63) is 23.8 Å². The van der Waals surface area contributed by atoms with E-state index in [-0.39, 0.29) is 0 Å². The fraction of sp³-hybridized carbons (Fsp3) is 0.600. The second-order valence-electron chi connectivity index (χ2n) is 4.59. The maximum absolute atomic E-state index is 5.85. The van der Waals surface area contributed by atoms with Crippen molar-refractivity contribution in [2.24, 2.45) is 5.92 Å². The fourth-order valence-corrected chi connectivity index (χ4v) is 1.56. The molecule has 0 spiro atoms. The summed E-state index contributed by atoms with van der Waals surface area (Å²) in [6.07, 6.45) is 1.12. The Hall–Kier alpha value is -1.22. The van der Waals surface area contributed by atoms with E-state index in [1.54, 1.807) is 7.11 Å². The lowest BCUT2D eigenvalue weighted by Gasteiger charge is -2.15. The number of hydrogen-bond donors (Lipinski definition) is 1. The maximum Gasteiger partial charge on any atom is 0.161 e. The van der Waals surface area contributed by atoms with Crippen LogP contribution >= 0.6 is 0 Å². The van der Waals surface area contributed by atoms with E-state index in [0.29, 0.717) is 5.92 Å². The third-order valence-electron chi connectivity index (χ3n) is 3.03. The van der Waals surface area contributed by atoms with Gasteiger partial charge in [-0.05, 0) is 30.2 Å². The zero-order chi connectivity index (χ0) is 13.4. The molecule has 1 atom stereocenters. The van der Waals surface area contributed by atoms with Gasteiger partial charge < -0.3 is 14.8 Å². The molecule has 1 N–H and O–H groups in total. The average molecular weight is 251 g/mol. The fourth-order valence-electron chi connectivity index (χ4n) is 1.56. The second kappa shape index (κ2) is 7.98. The lowest BCUT2D eigenvalue weighted by molar-refractivity contribution is 0.244. The summed E-state index contributed by atoms with van der Waals surface area (Å²) in [5, 5.41) is 3.31. The molecule has 0 radical (unpaired) electrons.